The normalized spacial score (nSPS) is 19.1. The van der Waals surface area contributed by atoms with E-state index < -0.39 is 0 Å². The molecule has 0 aromatic heterocycles. The predicted molar refractivity (Wildman–Crippen MR) is 145 cm³/mol. The van der Waals surface area contributed by atoms with Crippen molar-refractivity contribution in [3.63, 3.8) is 0 Å². The van der Waals surface area contributed by atoms with Crippen LogP contribution in [0.5, 0.6) is 0 Å². The molecule has 1 heterocycles. The van der Waals surface area contributed by atoms with Gasteiger partial charge >= 0.3 is 0 Å². The van der Waals surface area contributed by atoms with E-state index in [9.17, 15) is 10.2 Å². The van der Waals surface area contributed by atoms with Crippen LogP contribution in [0.25, 0.3) is 11.1 Å². The second-order valence-electron chi connectivity index (χ2n) is 9.64. The topological polar surface area (TPSA) is 43.7 Å². The fraction of sp³-hybridized carbons (Fsp3) is 0.419. The Kier molecular flexibility index (Phi) is 9.74. The van der Waals surface area contributed by atoms with Crippen LogP contribution in [0.1, 0.15) is 69.6 Å². The van der Waals surface area contributed by atoms with Crippen molar-refractivity contribution in [3.05, 3.63) is 95.3 Å². The van der Waals surface area contributed by atoms with Gasteiger partial charge in [-0.2, -0.15) is 0 Å². The summed E-state index contributed by atoms with van der Waals surface area (Å²) in [4.78, 5) is 2.56. The highest BCUT2D eigenvalue weighted by molar-refractivity contribution is 5.92. The molecule has 1 unspecified atom stereocenters. The van der Waals surface area contributed by atoms with Gasteiger partial charge in [-0.25, -0.2) is 0 Å². The van der Waals surface area contributed by atoms with Crippen LogP contribution in [-0.2, 0) is 0 Å². The number of aliphatic hydroxyl groups is 2. The molecule has 34 heavy (non-hydrogen) atoms. The zero-order valence-electron chi connectivity index (χ0n) is 21.2. The lowest BCUT2D eigenvalue weighted by Gasteiger charge is -2.22. The van der Waals surface area contributed by atoms with Gasteiger partial charge in [-0.3, -0.25) is 0 Å². The lowest BCUT2D eigenvalue weighted by Crippen LogP contribution is -2.27. The van der Waals surface area contributed by atoms with E-state index in [1.165, 1.54) is 40.8 Å². The average Bonchev–Trinajstić information content (AvgIpc) is 3.36. The van der Waals surface area contributed by atoms with Crippen molar-refractivity contribution >= 4 is 11.1 Å². The van der Waals surface area contributed by atoms with Gasteiger partial charge < -0.3 is 15.1 Å². The molecule has 0 spiro atoms. The van der Waals surface area contributed by atoms with Crippen molar-refractivity contribution < 1.29 is 10.2 Å². The van der Waals surface area contributed by atoms with Gasteiger partial charge in [0.2, 0.25) is 0 Å². The molecule has 2 N–H and O–H groups in total. The maximum absolute atomic E-state index is 10.00. The van der Waals surface area contributed by atoms with E-state index in [2.05, 4.69) is 80.3 Å². The first-order valence-electron chi connectivity index (χ1n) is 12.7. The Balaban J connectivity index is 2.02. The van der Waals surface area contributed by atoms with Crippen molar-refractivity contribution in [3.8, 4) is 0 Å². The van der Waals surface area contributed by atoms with Crippen molar-refractivity contribution in [2.75, 3.05) is 19.7 Å². The number of aliphatic hydroxyl groups excluding tert-OH is 2. The van der Waals surface area contributed by atoms with Gasteiger partial charge in [0.1, 0.15) is 5.76 Å². The molecule has 0 radical (unpaired) electrons. The Morgan fingerprint density at radius 1 is 1.03 bits per heavy atom. The monoisotopic (exact) mass is 459 g/mol. The van der Waals surface area contributed by atoms with Crippen molar-refractivity contribution in [2.45, 2.75) is 58.9 Å². The Morgan fingerprint density at radius 2 is 1.74 bits per heavy atom. The highest BCUT2D eigenvalue weighted by Crippen LogP contribution is 2.37. The Labute approximate surface area is 206 Å². The molecule has 2 aromatic rings. The molecule has 0 aliphatic carbocycles. The molecule has 3 heteroatoms. The highest BCUT2D eigenvalue weighted by Gasteiger charge is 2.25. The highest BCUT2D eigenvalue weighted by atomic mass is 16.3. The summed E-state index contributed by atoms with van der Waals surface area (Å²) in [5.74, 6) is 0.967. The Bertz CT molecular complexity index is 986. The molecule has 1 aliphatic heterocycles. The van der Waals surface area contributed by atoms with E-state index >= 15 is 0 Å². The van der Waals surface area contributed by atoms with Crippen LogP contribution < -0.4 is 0 Å². The molecule has 3 rings (SSSR count). The number of nitrogens with zero attached hydrogens (tertiary/aromatic N) is 1. The molecule has 0 bridgehead atoms. The molecule has 1 aliphatic rings. The van der Waals surface area contributed by atoms with Crippen LogP contribution in [0.2, 0.25) is 0 Å². The molecular formula is C31H41NO2. The van der Waals surface area contributed by atoms with Gasteiger partial charge in [0.05, 0.1) is 0 Å². The summed E-state index contributed by atoms with van der Waals surface area (Å²) in [7, 11) is 0. The minimum Gasteiger partial charge on any atom is -0.508 e. The fourth-order valence-electron chi connectivity index (χ4n) is 4.94. The summed E-state index contributed by atoms with van der Waals surface area (Å²) in [5, 5.41) is 19.6. The second-order valence-corrected chi connectivity index (χ2v) is 9.64. The summed E-state index contributed by atoms with van der Waals surface area (Å²) >= 11 is 0. The van der Waals surface area contributed by atoms with Gasteiger partial charge in [0, 0.05) is 25.1 Å². The van der Waals surface area contributed by atoms with Crippen LogP contribution in [0.4, 0.5) is 0 Å². The van der Waals surface area contributed by atoms with Crippen molar-refractivity contribution in [2.24, 2.45) is 5.92 Å². The van der Waals surface area contributed by atoms with Crippen LogP contribution in [0, 0.1) is 5.92 Å². The number of rotatable bonds is 10. The molecule has 2 atom stereocenters. The van der Waals surface area contributed by atoms with E-state index in [4.69, 9.17) is 0 Å². The Hall–Kier alpha value is -2.62. The summed E-state index contributed by atoms with van der Waals surface area (Å²) in [6.07, 6.45) is 8.29. The SMILES string of the molecule is C/C=C(O)\C=C/[C@@H](C)/C(=C(\CCCO)c1ccccc1)c1ccc(C2CCN(C(C)C)C2)cc1. The third-order valence-electron chi connectivity index (χ3n) is 6.98. The minimum absolute atomic E-state index is 0.102. The lowest BCUT2D eigenvalue weighted by atomic mass is 9.83. The first-order chi connectivity index (χ1) is 16.4. The lowest BCUT2D eigenvalue weighted by molar-refractivity contribution is 0.272. The zero-order valence-corrected chi connectivity index (χ0v) is 21.2. The molecule has 3 nitrogen and oxygen atoms in total. The van der Waals surface area contributed by atoms with Crippen molar-refractivity contribution in [1.29, 1.82) is 0 Å². The summed E-state index contributed by atoms with van der Waals surface area (Å²) in [6, 6.07) is 20.2. The Morgan fingerprint density at radius 3 is 2.32 bits per heavy atom. The smallest absolute Gasteiger partial charge is 0.111 e. The first-order valence-corrected chi connectivity index (χ1v) is 12.7. The van der Waals surface area contributed by atoms with Gasteiger partial charge in [-0.05, 0) is 92.5 Å². The summed E-state index contributed by atoms with van der Waals surface area (Å²) < 4.78 is 0. The molecule has 1 fully saturated rings. The molecule has 2 aromatic carbocycles. The van der Waals surface area contributed by atoms with E-state index in [-0.39, 0.29) is 18.3 Å². The quantitative estimate of drug-likeness (QED) is 0.224. The first kappa shape index (κ1) is 26.0. The van der Waals surface area contributed by atoms with Crippen LogP contribution in [0.3, 0.4) is 0 Å². The van der Waals surface area contributed by atoms with Gasteiger partial charge in [-0.1, -0.05) is 67.6 Å². The van der Waals surface area contributed by atoms with E-state index in [0.29, 0.717) is 12.0 Å². The summed E-state index contributed by atoms with van der Waals surface area (Å²) in [5.41, 5.74) is 6.32. The fourth-order valence-corrected chi connectivity index (χ4v) is 4.94. The molecule has 0 saturated carbocycles. The predicted octanol–water partition coefficient (Wildman–Crippen LogP) is 7.22. The third kappa shape index (κ3) is 6.71. The van der Waals surface area contributed by atoms with Crippen LogP contribution in [-0.4, -0.2) is 40.9 Å². The van der Waals surface area contributed by atoms with Crippen LogP contribution in [0.15, 0.2) is 78.6 Å². The molecular weight excluding hydrogens is 418 g/mol. The molecule has 0 amide bonds. The van der Waals surface area contributed by atoms with E-state index in [1.54, 1.807) is 12.2 Å². The van der Waals surface area contributed by atoms with E-state index in [1.807, 2.05) is 13.0 Å². The molecule has 1 saturated heterocycles. The second kappa shape index (κ2) is 12.7. The number of hydrogen-bond donors (Lipinski definition) is 2. The number of hydrogen-bond acceptors (Lipinski definition) is 3. The van der Waals surface area contributed by atoms with E-state index in [0.717, 1.165) is 19.4 Å². The minimum atomic E-state index is 0.102. The van der Waals surface area contributed by atoms with Crippen molar-refractivity contribution in [1.82, 2.24) is 4.90 Å². The van der Waals surface area contributed by atoms with Crippen LogP contribution >= 0.6 is 0 Å². The third-order valence-corrected chi connectivity index (χ3v) is 6.98. The van der Waals surface area contributed by atoms with Gasteiger partial charge in [0.15, 0.2) is 0 Å². The maximum atomic E-state index is 10.00. The van der Waals surface area contributed by atoms with Gasteiger partial charge in [0.25, 0.3) is 0 Å². The number of likely N-dealkylation sites (tertiary alicyclic amines) is 1. The number of benzene rings is 2. The average molecular weight is 460 g/mol. The zero-order chi connectivity index (χ0) is 24.5. The largest absolute Gasteiger partial charge is 0.508 e. The maximum Gasteiger partial charge on any atom is 0.111 e. The van der Waals surface area contributed by atoms with Gasteiger partial charge in [-0.15, -0.1) is 0 Å². The molecule has 182 valence electrons. The standard InChI is InChI=1S/C31H41NO2/c1-5-29(34)18-13-24(4)31(30(12-9-21-33)26-10-7-6-8-11-26)27-16-14-25(15-17-27)28-19-20-32(22-28)23(2)3/h5-8,10-11,13-18,23-24,28,33-34H,9,12,19-22H2,1-4H3/b18-13-,29-5+,31-30-/t24-,28?/m1/s1. The summed E-state index contributed by atoms with van der Waals surface area (Å²) in [6.45, 7) is 11.0. The number of allylic oxidation sites excluding steroid dienone is 5.